The Labute approximate surface area is 121 Å². The highest BCUT2D eigenvalue weighted by Crippen LogP contribution is 2.22. The van der Waals surface area contributed by atoms with Crippen molar-refractivity contribution in [1.82, 2.24) is 20.1 Å². The summed E-state index contributed by atoms with van der Waals surface area (Å²) < 4.78 is 0. The van der Waals surface area contributed by atoms with Crippen LogP contribution < -0.4 is 0 Å². The highest BCUT2D eigenvalue weighted by molar-refractivity contribution is 5.83. The van der Waals surface area contributed by atoms with Crippen LogP contribution in [0.5, 0.6) is 0 Å². The number of carbonyl (C=O) groups excluding carboxylic acids is 1. The Bertz CT molecular complexity index is 641. The maximum Gasteiger partial charge on any atom is 0.269 e. The second kappa shape index (κ2) is 6.12. The fourth-order valence-electron chi connectivity index (χ4n) is 1.99. The Balaban J connectivity index is 2.11. The van der Waals surface area contributed by atoms with Gasteiger partial charge >= 0.3 is 0 Å². The number of hydrogen-bond donors (Lipinski definition) is 1. The minimum Gasteiger partial charge on any atom is -0.338 e. The summed E-state index contributed by atoms with van der Waals surface area (Å²) in [5.41, 5.74) is 0.587. The van der Waals surface area contributed by atoms with Gasteiger partial charge in [-0.25, -0.2) is 4.98 Å². The van der Waals surface area contributed by atoms with E-state index in [1.165, 1.54) is 23.4 Å². The lowest BCUT2D eigenvalue weighted by Gasteiger charge is -2.20. The summed E-state index contributed by atoms with van der Waals surface area (Å²) in [6, 6.07) is 6.11. The Morgan fingerprint density at radius 3 is 2.90 bits per heavy atom. The van der Waals surface area contributed by atoms with Gasteiger partial charge in [-0.2, -0.15) is 5.10 Å². The molecule has 1 aromatic carbocycles. The van der Waals surface area contributed by atoms with Crippen molar-refractivity contribution in [3.63, 3.8) is 0 Å². The number of nitro benzene ring substituents is 1. The third-order valence-electron chi connectivity index (χ3n) is 3.18. The van der Waals surface area contributed by atoms with Gasteiger partial charge in [0, 0.05) is 19.2 Å². The van der Waals surface area contributed by atoms with Crippen LogP contribution in [0.15, 0.2) is 30.6 Å². The number of hydrogen-bond acceptors (Lipinski definition) is 5. The van der Waals surface area contributed by atoms with Crippen molar-refractivity contribution in [3.05, 3.63) is 52.1 Å². The number of aromatic amines is 1. The molecule has 2 aromatic rings. The van der Waals surface area contributed by atoms with E-state index >= 15 is 0 Å². The summed E-state index contributed by atoms with van der Waals surface area (Å²) in [5, 5.41) is 17.2. The van der Waals surface area contributed by atoms with Gasteiger partial charge in [0.15, 0.2) is 0 Å². The molecule has 0 bridgehead atoms. The molecule has 21 heavy (non-hydrogen) atoms. The molecule has 0 fully saturated rings. The summed E-state index contributed by atoms with van der Waals surface area (Å²) in [7, 11) is 1.65. The highest BCUT2D eigenvalue weighted by atomic mass is 16.6. The first kappa shape index (κ1) is 14.6. The number of non-ortho nitro benzene ring substituents is 1. The molecular formula is C13H15N5O3. The third-order valence-corrected chi connectivity index (χ3v) is 3.18. The minimum absolute atomic E-state index is 0.0231. The maximum absolute atomic E-state index is 12.3. The number of carbonyl (C=O) groups is 1. The van der Waals surface area contributed by atoms with E-state index < -0.39 is 10.8 Å². The zero-order valence-corrected chi connectivity index (χ0v) is 11.7. The Morgan fingerprint density at radius 2 is 2.29 bits per heavy atom. The summed E-state index contributed by atoms with van der Waals surface area (Å²) in [4.78, 5) is 28.1. The predicted molar refractivity (Wildman–Crippen MR) is 74.4 cm³/mol. The molecule has 0 saturated heterocycles. The molecule has 2 rings (SSSR count). The summed E-state index contributed by atoms with van der Waals surface area (Å²) in [6.45, 7) is 2.02. The smallest absolute Gasteiger partial charge is 0.269 e. The van der Waals surface area contributed by atoms with E-state index in [0.717, 1.165) is 0 Å². The summed E-state index contributed by atoms with van der Waals surface area (Å²) in [6.07, 6.45) is 1.37. The van der Waals surface area contributed by atoms with Crippen molar-refractivity contribution in [2.45, 2.75) is 19.4 Å². The van der Waals surface area contributed by atoms with Crippen LogP contribution in [0.4, 0.5) is 5.69 Å². The topological polar surface area (TPSA) is 105 Å². The van der Waals surface area contributed by atoms with E-state index in [0.29, 0.717) is 17.9 Å². The molecule has 0 saturated carbocycles. The van der Waals surface area contributed by atoms with Gasteiger partial charge in [0.25, 0.3) is 5.69 Å². The number of aromatic nitrogens is 3. The van der Waals surface area contributed by atoms with Gasteiger partial charge in [0.1, 0.15) is 12.2 Å². The lowest BCUT2D eigenvalue weighted by molar-refractivity contribution is -0.384. The highest BCUT2D eigenvalue weighted by Gasteiger charge is 2.21. The molecule has 0 radical (unpaired) electrons. The monoisotopic (exact) mass is 289 g/mol. The lowest BCUT2D eigenvalue weighted by atomic mass is 9.99. The van der Waals surface area contributed by atoms with Crippen molar-refractivity contribution in [2.75, 3.05) is 7.05 Å². The first-order valence-electron chi connectivity index (χ1n) is 6.32. The Hall–Kier alpha value is -2.77. The zero-order valence-electron chi connectivity index (χ0n) is 11.7. The van der Waals surface area contributed by atoms with Crippen LogP contribution in [-0.4, -0.2) is 38.0 Å². The molecule has 0 aliphatic rings. The quantitative estimate of drug-likeness (QED) is 0.663. The normalized spacial score (nSPS) is 11.9. The van der Waals surface area contributed by atoms with E-state index in [2.05, 4.69) is 15.2 Å². The van der Waals surface area contributed by atoms with Gasteiger partial charge in [-0.05, 0) is 12.5 Å². The zero-order chi connectivity index (χ0) is 15.4. The summed E-state index contributed by atoms with van der Waals surface area (Å²) in [5.74, 6) is -0.0400. The standard InChI is InChI=1S/C13H15N5O3/c1-9(10-4-3-5-11(6-10)18(20)21)13(19)17(2)7-12-14-8-15-16-12/h3-6,8-9H,7H2,1-2H3,(H,14,15,16). The van der Waals surface area contributed by atoms with Gasteiger partial charge in [0.2, 0.25) is 5.91 Å². The number of H-pyrrole nitrogens is 1. The molecule has 0 spiro atoms. The number of nitrogens with one attached hydrogen (secondary N) is 1. The van der Waals surface area contributed by atoms with E-state index in [9.17, 15) is 14.9 Å². The molecule has 1 atom stereocenters. The minimum atomic E-state index is -0.474. The number of amides is 1. The maximum atomic E-state index is 12.3. The predicted octanol–water partition coefficient (Wildman–Crippen LogP) is 1.47. The molecule has 8 nitrogen and oxygen atoms in total. The molecule has 1 N–H and O–H groups in total. The molecule has 8 heteroatoms. The Kier molecular flexibility index (Phi) is 4.27. The van der Waals surface area contributed by atoms with Crippen LogP contribution in [-0.2, 0) is 11.3 Å². The second-order valence-electron chi connectivity index (χ2n) is 4.70. The molecule has 1 amide bonds. The number of nitro groups is 1. The van der Waals surface area contributed by atoms with Gasteiger partial charge in [-0.15, -0.1) is 0 Å². The molecule has 1 aromatic heterocycles. The van der Waals surface area contributed by atoms with E-state index in [-0.39, 0.29) is 11.6 Å². The van der Waals surface area contributed by atoms with Crippen LogP contribution in [0.3, 0.4) is 0 Å². The first-order valence-corrected chi connectivity index (χ1v) is 6.32. The third kappa shape index (κ3) is 3.41. The van der Waals surface area contributed by atoms with Crippen LogP contribution in [0.1, 0.15) is 24.2 Å². The fourth-order valence-corrected chi connectivity index (χ4v) is 1.99. The average Bonchev–Trinajstić information content (AvgIpc) is 2.98. The van der Waals surface area contributed by atoms with Crippen molar-refractivity contribution in [3.8, 4) is 0 Å². The van der Waals surface area contributed by atoms with Crippen LogP contribution in [0.2, 0.25) is 0 Å². The molecule has 110 valence electrons. The van der Waals surface area contributed by atoms with E-state index in [4.69, 9.17) is 0 Å². The van der Waals surface area contributed by atoms with Gasteiger partial charge in [-0.1, -0.05) is 12.1 Å². The molecule has 1 heterocycles. The van der Waals surface area contributed by atoms with Crippen molar-refractivity contribution in [1.29, 1.82) is 0 Å². The number of nitrogens with zero attached hydrogens (tertiary/aromatic N) is 4. The molecule has 1 unspecified atom stereocenters. The van der Waals surface area contributed by atoms with Gasteiger partial charge in [-0.3, -0.25) is 20.0 Å². The van der Waals surface area contributed by atoms with Crippen LogP contribution in [0, 0.1) is 10.1 Å². The van der Waals surface area contributed by atoms with Gasteiger partial charge < -0.3 is 4.90 Å². The van der Waals surface area contributed by atoms with Crippen LogP contribution >= 0.6 is 0 Å². The largest absolute Gasteiger partial charge is 0.338 e. The SMILES string of the molecule is CC(C(=O)N(C)Cc1ncn[nH]1)c1cccc([N+](=O)[O-])c1. The van der Waals surface area contributed by atoms with Crippen LogP contribution in [0.25, 0.3) is 0 Å². The molecule has 0 aliphatic carbocycles. The van der Waals surface area contributed by atoms with Crippen molar-refractivity contribution in [2.24, 2.45) is 0 Å². The second-order valence-corrected chi connectivity index (χ2v) is 4.70. The summed E-state index contributed by atoms with van der Waals surface area (Å²) >= 11 is 0. The van der Waals surface area contributed by atoms with E-state index in [1.807, 2.05) is 0 Å². The van der Waals surface area contributed by atoms with Crippen molar-refractivity contribution >= 4 is 11.6 Å². The number of likely N-dealkylation sites (N-methyl/N-ethyl adjacent to an activating group) is 1. The number of rotatable bonds is 5. The fraction of sp³-hybridized carbons (Fsp3) is 0.308. The number of benzene rings is 1. The average molecular weight is 289 g/mol. The first-order chi connectivity index (χ1) is 9.99. The molecule has 0 aliphatic heterocycles. The Morgan fingerprint density at radius 1 is 1.52 bits per heavy atom. The van der Waals surface area contributed by atoms with Crippen molar-refractivity contribution < 1.29 is 9.72 Å². The molecular weight excluding hydrogens is 274 g/mol. The van der Waals surface area contributed by atoms with Gasteiger partial charge in [0.05, 0.1) is 17.4 Å². The van der Waals surface area contributed by atoms with E-state index in [1.54, 1.807) is 26.1 Å². The lowest BCUT2D eigenvalue weighted by Crippen LogP contribution is -2.30.